The van der Waals surface area contributed by atoms with Crippen LogP contribution in [0.15, 0.2) is 30.8 Å². The van der Waals surface area contributed by atoms with Crippen molar-refractivity contribution in [3.8, 4) is 11.3 Å². The molecule has 0 saturated heterocycles. The maximum absolute atomic E-state index is 14.2. The minimum Gasteiger partial charge on any atom is -0.444 e. The van der Waals surface area contributed by atoms with Gasteiger partial charge in [0.1, 0.15) is 17.2 Å². The Hall–Kier alpha value is -2.11. The van der Waals surface area contributed by atoms with Gasteiger partial charge in [0.25, 0.3) is 0 Å². The molecule has 1 amide bonds. The molecule has 0 saturated carbocycles. The molecule has 2 rings (SSSR count). The number of aromatic nitrogens is 1. The van der Waals surface area contributed by atoms with Crippen LogP contribution in [0.2, 0.25) is 10.0 Å². The first kappa shape index (κ1) is 20.2. The van der Waals surface area contributed by atoms with Crippen molar-refractivity contribution in [3.63, 3.8) is 0 Å². The smallest absolute Gasteiger partial charge is 0.413 e. The number of rotatable bonds is 3. The van der Waals surface area contributed by atoms with Gasteiger partial charge in [-0.15, -0.1) is 0 Å². The van der Waals surface area contributed by atoms with E-state index in [-0.39, 0.29) is 22.1 Å². The summed E-state index contributed by atoms with van der Waals surface area (Å²) < 4.78 is 19.4. The van der Waals surface area contributed by atoms with Crippen LogP contribution in [-0.2, 0) is 4.74 Å². The van der Waals surface area contributed by atoms with Crippen molar-refractivity contribution >= 4 is 40.7 Å². The quantitative estimate of drug-likeness (QED) is 0.637. The number of carbonyl (C=O) groups excluding carboxylic acids is 1. The molecule has 1 heterocycles. The van der Waals surface area contributed by atoms with Crippen molar-refractivity contribution in [2.24, 2.45) is 0 Å². The van der Waals surface area contributed by atoms with Crippen molar-refractivity contribution in [2.75, 3.05) is 5.32 Å². The van der Waals surface area contributed by atoms with E-state index < -0.39 is 17.5 Å². The molecule has 4 nitrogen and oxygen atoms in total. The molecule has 2 aromatic rings. The molecule has 0 spiro atoms. The number of nitrogens with zero attached hydrogens (tertiary/aromatic N) is 1. The third kappa shape index (κ3) is 4.96. The largest absolute Gasteiger partial charge is 0.444 e. The van der Waals surface area contributed by atoms with Crippen molar-refractivity contribution in [1.82, 2.24) is 4.98 Å². The summed E-state index contributed by atoms with van der Waals surface area (Å²) in [5.74, 6) is -0.377. The number of nitrogens with one attached hydrogen (secondary N) is 1. The highest BCUT2D eigenvalue weighted by Crippen LogP contribution is 2.34. The lowest BCUT2D eigenvalue weighted by atomic mass is 10.1. The van der Waals surface area contributed by atoms with Crippen LogP contribution in [0.1, 0.15) is 33.3 Å². The van der Waals surface area contributed by atoms with Crippen LogP contribution in [0.25, 0.3) is 16.8 Å². The lowest BCUT2D eigenvalue weighted by Gasteiger charge is -2.21. The van der Waals surface area contributed by atoms with Crippen molar-refractivity contribution < 1.29 is 13.9 Å². The first-order valence-corrected chi connectivity index (χ1v) is 8.55. The Labute approximate surface area is 162 Å². The Kier molecular flexibility index (Phi) is 5.94. The molecule has 1 aromatic carbocycles. The number of anilines is 1. The fraction of sp³-hybridized carbons (Fsp3) is 0.263. The maximum Gasteiger partial charge on any atom is 0.413 e. The van der Waals surface area contributed by atoms with E-state index in [0.717, 1.165) is 0 Å². The fourth-order valence-corrected chi connectivity index (χ4v) is 2.77. The summed E-state index contributed by atoms with van der Waals surface area (Å²) in [4.78, 5) is 16.5. The molecule has 0 fully saturated rings. The van der Waals surface area contributed by atoms with Gasteiger partial charge in [0, 0.05) is 16.1 Å². The topological polar surface area (TPSA) is 51.2 Å². The zero-order valence-corrected chi connectivity index (χ0v) is 16.4. The van der Waals surface area contributed by atoms with Crippen molar-refractivity contribution in [1.29, 1.82) is 0 Å². The van der Waals surface area contributed by atoms with Crippen LogP contribution in [-0.4, -0.2) is 16.7 Å². The number of hydrogen-bond acceptors (Lipinski definition) is 3. The summed E-state index contributed by atoms with van der Waals surface area (Å²) in [7, 11) is 0. The van der Waals surface area contributed by atoms with Gasteiger partial charge < -0.3 is 4.74 Å². The second-order valence-electron chi connectivity index (χ2n) is 6.74. The highest BCUT2D eigenvalue weighted by Gasteiger charge is 2.21. The number of halogens is 3. The van der Waals surface area contributed by atoms with E-state index in [9.17, 15) is 9.18 Å². The summed E-state index contributed by atoms with van der Waals surface area (Å²) >= 11 is 12.3. The summed E-state index contributed by atoms with van der Waals surface area (Å²) in [5.41, 5.74) is 0.745. The molecule has 26 heavy (non-hydrogen) atoms. The van der Waals surface area contributed by atoms with E-state index in [1.807, 2.05) is 0 Å². The van der Waals surface area contributed by atoms with Crippen molar-refractivity contribution in [2.45, 2.75) is 33.3 Å². The summed E-state index contributed by atoms with van der Waals surface area (Å²) in [6.45, 7) is 10.8. The molecule has 7 heteroatoms. The Balaban J connectivity index is 2.55. The average molecular weight is 397 g/mol. The molecule has 0 aliphatic rings. The van der Waals surface area contributed by atoms with E-state index in [0.29, 0.717) is 16.2 Å². The van der Waals surface area contributed by atoms with Gasteiger partial charge in [0.05, 0.1) is 10.7 Å². The zero-order chi connectivity index (χ0) is 19.6. The lowest BCUT2D eigenvalue weighted by molar-refractivity contribution is 0.0635. The Bertz CT molecular complexity index is 877. The Morgan fingerprint density at radius 3 is 2.50 bits per heavy atom. The van der Waals surface area contributed by atoms with Gasteiger partial charge in [-0.05, 0) is 57.5 Å². The average Bonchev–Trinajstić information content (AvgIpc) is 2.46. The van der Waals surface area contributed by atoms with E-state index >= 15 is 0 Å². The van der Waals surface area contributed by atoms with E-state index in [2.05, 4.69) is 16.9 Å². The van der Waals surface area contributed by atoms with Gasteiger partial charge in [-0.2, -0.15) is 0 Å². The summed E-state index contributed by atoms with van der Waals surface area (Å²) in [6.07, 6.45) is -0.702. The molecule has 0 aliphatic carbocycles. The highest BCUT2D eigenvalue weighted by atomic mass is 35.5. The second-order valence-corrected chi connectivity index (χ2v) is 7.59. The van der Waals surface area contributed by atoms with Crippen LogP contribution < -0.4 is 5.32 Å². The summed E-state index contributed by atoms with van der Waals surface area (Å²) in [5, 5.41) is 3.18. The lowest BCUT2D eigenvalue weighted by Crippen LogP contribution is -2.27. The Morgan fingerprint density at radius 1 is 1.27 bits per heavy atom. The van der Waals surface area contributed by atoms with Crippen molar-refractivity contribution in [3.05, 3.63) is 52.3 Å². The third-order valence-electron chi connectivity index (χ3n) is 3.22. The Morgan fingerprint density at radius 2 is 1.92 bits per heavy atom. The molecule has 0 aliphatic heterocycles. The number of benzene rings is 1. The van der Waals surface area contributed by atoms with E-state index in [4.69, 9.17) is 27.9 Å². The molecule has 0 atom stereocenters. The van der Waals surface area contributed by atoms with Crippen LogP contribution in [0.4, 0.5) is 15.0 Å². The zero-order valence-electron chi connectivity index (χ0n) is 14.9. The highest BCUT2D eigenvalue weighted by molar-refractivity contribution is 6.33. The standard InChI is InChI=1S/C19H19Cl2FN2O2/c1-10(2)16-13(21)9-15(12-8-11(20)6-7-14(12)22)23-17(16)24-18(25)26-19(3,4)5/h6-9H,1H2,2-5H3,(H,23,24,25). The fourth-order valence-electron chi connectivity index (χ4n) is 2.24. The van der Waals surface area contributed by atoms with Crippen LogP contribution in [0.5, 0.6) is 0 Å². The molecule has 138 valence electrons. The number of amides is 1. The number of pyridine rings is 1. The number of carbonyl (C=O) groups is 1. The minimum absolute atomic E-state index is 0.133. The first-order valence-electron chi connectivity index (χ1n) is 7.80. The predicted molar refractivity (Wildman–Crippen MR) is 104 cm³/mol. The van der Waals surface area contributed by atoms with E-state index in [1.165, 1.54) is 24.3 Å². The number of hydrogen-bond donors (Lipinski definition) is 1. The minimum atomic E-state index is -0.702. The van der Waals surface area contributed by atoms with Gasteiger partial charge in [0.2, 0.25) is 0 Å². The molecule has 1 N–H and O–H groups in total. The van der Waals surface area contributed by atoms with Gasteiger partial charge in [-0.1, -0.05) is 29.8 Å². The third-order valence-corrected chi connectivity index (χ3v) is 3.76. The number of ether oxygens (including phenoxy) is 1. The maximum atomic E-state index is 14.2. The van der Waals surface area contributed by atoms with Gasteiger partial charge in [0.15, 0.2) is 0 Å². The predicted octanol–water partition coefficient (Wildman–Crippen LogP) is 6.57. The van der Waals surface area contributed by atoms with Crippen LogP contribution >= 0.6 is 23.2 Å². The van der Waals surface area contributed by atoms with Crippen LogP contribution in [0, 0.1) is 5.82 Å². The summed E-state index contributed by atoms with van der Waals surface area (Å²) in [6, 6.07) is 5.61. The molecule has 0 unspecified atom stereocenters. The van der Waals surface area contributed by atoms with Gasteiger partial charge >= 0.3 is 6.09 Å². The molecular formula is C19H19Cl2FN2O2. The SMILES string of the molecule is C=C(C)c1c(Cl)cc(-c2cc(Cl)ccc2F)nc1NC(=O)OC(C)(C)C. The second kappa shape index (κ2) is 7.64. The normalized spacial score (nSPS) is 11.2. The first-order chi connectivity index (χ1) is 12.0. The monoisotopic (exact) mass is 396 g/mol. The van der Waals surface area contributed by atoms with E-state index in [1.54, 1.807) is 27.7 Å². The number of allylic oxidation sites excluding steroid dienone is 1. The molecule has 1 aromatic heterocycles. The molecule has 0 bridgehead atoms. The van der Waals surface area contributed by atoms with Gasteiger partial charge in [-0.25, -0.2) is 14.2 Å². The molecular weight excluding hydrogens is 378 g/mol. The van der Waals surface area contributed by atoms with Gasteiger partial charge in [-0.3, -0.25) is 5.32 Å². The van der Waals surface area contributed by atoms with Crippen LogP contribution in [0.3, 0.4) is 0 Å². The molecule has 0 radical (unpaired) electrons.